The van der Waals surface area contributed by atoms with Crippen LogP contribution in [0.4, 0.5) is 0 Å². The molecule has 0 radical (unpaired) electrons. The first kappa shape index (κ1) is 14.2. The van der Waals surface area contributed by atoms with Gasteiger partial charge in [0.25, 0.3) is 0 Å². The van der Waals surface area contributed by atoms with Gasteiger partial charge < -0.3 is 0 Å². The molecule has 18 heavy (non-hydrogen) atoms. The van der Waals surface area contributed by atoms with Gasteiger partial charge in [-0.3, -0.25) is 0 Å². The monoisotopic (exact) mass is 248 g/mol. The van der Waals surface area contributed by atoms with E-state index in [1.54, 1.807) is 0 Å². The van der Waals surface area contributed by atoms with Crippen LogP contribution in [0.2, 0.25) is 0 Å². The van der Waals surface area contributed by atoms with Crippen LogP contribution in [0.5, 0.6) is 0 Å². The van der Waals surface area contributed by atoms with Crippen molar-refractivity contribution in [2.45, 2.75) is 72.6 Å². The summed E-state index contributed by atoms with van der Waals surface area (Å²) in [6, 6.07) is 0. The van der Waals surface area contributed by atoms with Crippen molar-refractivity contribution in [3.8, 4) is 0 Å². The second-order valence-corrected chi connectivity index (χ2v) is 7.64. The Balaban J connectivity index is 2.15. The van der Waals surface area contributed by atoms with Gasteiger partial charge in [0, 0.05) is 0 Å². The molecule has 0 saturated heterocycles. The van der Waals surface area contributed by atoms with E-state index in [0.29, 0.717) is 5.41 Å². The van der Waals surface area contributed by atoms with Crippen LogP contribution in [0.15, 0.2) is 12.2 Å². The number of allylic oxidation sites excluding steroid dienone is 1. The average Bonchev–Trinajstić information content (AvgIpc) is 2.27. The van der Waals surface area contributed by atoms with Gasteiger partial charge in [-0.1, -0.05) is 45.6 Å². The van der Waals surface area contributed by atoms with Crippen LogP contribution >= 0.6 is 0 Å². The minimum Gasteiger partial charge on any atom is -0.100 e. The van der Waals surface area contributed by atoms with Crippen molar-refractivity contribution in [3.63, 3.8) is 0 Å². The second-order valence-electron chi connectivity index (χ2n) is 7.64. The lowest BCUT2D eigenvalue weighted by Crippen LogP contribution is -2.47. The minimum absolute atomic E-state index is 0.630. The molecular formula is C18H32. The maximum absolute atomic E-state index is 4.11. The van der Waals surface area contributed by atoms with E-state index in [1.165, 1.54) is 50.5 Å². The highest BCUT2D eigenvalue weighted by Crippen LogP contribution is 2.58. The fourth-order valence-electron chi connectivity index (χ4n) is 5.23. The number of hydrogen-bond donors (Lipinski definition) is 0. The van der Waals surface area contributed by atoms with E-state index < -0.39 is 0 Å². The van der Waals surface area contributed by atoms with E-state index in [0.717, 1.165) is 23.7 Å². The van der Waals surface area contributed by atoms with Crippen LogP contribution in [0.1, 0.15) is 72.6 Å². The van der Waals surface area contributed by atoms with Crippen LogP contribution < -0.4 is 0 Å². The zero-order valence-electron chi connectivity index (χ0n) is 13.0. The molecule has 0 nitrogen and oxygen atoms in total. The predicted octanol–water partition coefficient (Wildman–Crippen LogP) is 5.83. The molecule has 2 aliphatic carbocycles. The molecule has 2 aliphatic rings. The summed E-state index contributed by atoms with van der Waals surface area (Å²) in [5.41, 5.74) is 2.00. The van der Waals surface area contributed by atoms with Crippen LogP contribution in [0.3, 0.4) is 0 Å². The highest BCUT2D eigenvalue weighted by molar-refractivity contribution is 5.00. The normalized spacial score (nSPS) is 44.4. The third-order valence-electron chi connectivity index (χ3n) is 6.26. The Morgan fingerprint density at radius 3 is 2.56 bits per heavy atom. The third kappa shape index (κ3) is 2.53. The maximum Gasteiger partial charge on any atom is -0.0264 e. The summed E-state index contributed by atoms with van der Waals surface area (Å²) in [5.74, 6) is 3.83. The van der Waals surface area contributed by atoms with Crippen LogP contribution in [0, 0.1) is 29.1 Å². The van der Waals surface area contributed by atoms with E-state index in [1.807, 2.05) is 0 Å². The van der Waals surface area contributed by atoms with Crippen molar-refractivity contribution in [2.24, 2.45) is 29.1 Å². The molecule has 0 heterocycles. The lowest BCUT2D eigenvalue weighted by molar-refractivity contribution is -0.0594. The fraction of sp³-hybridized carbons (Fsp3) is 0.889. The molecule has 0 heteroatoms. The van der Waals surface area contributed by atoms with Crippen molar-refractivity contribution < 1.29 is 0 Å². The summed E-state index contributed by atoms with van der Waals surface area (Å²) < 4.78 is 0. The summed E-state index contributed by atoms with van der Waals surface area (Å²) in [7, 11) is 0. The largest absolute Gasteiger partial charge is 0.100 e. The van der Waals surface area contributed by atoms with Gasteiger partial charge in [-0.25, -0.2) is 0 Å². The molecule has 5 atom stereocenters. The molecule has 104 valence electrons. The summed E-state index contributed by atoms with van der Waals surface area (Å²) in [6.07, 6.45) is 10.00. The van der Waals surface area contributed by atoms with E-state index in [2.05, 4.69) is 34.3 Å². The number of rotatable bonds is 3. The standard InChI is InChI=1S/C18H32/c1-13(2)8-10-16-15(4)9-11-17-14(3)7-6-12-18(16,17)5/h14-17H,1,6-12H2,2-5H3. The predicted molar refractivity (Wildman–Crippen MR) is 80.5 cm³/mol. The van der Waals surface area contributed by atoms with E-state index >= 15 is 0 Å². The summed E-state index contributed by atoms with van der Waals surface area (Å²) >= 11 is 0. The molecule has 0 amide bonds. The fourth-order valence-corrected chi connectivity index (χ4v) is 5.23. The third-order valence-corrected chi connectivity index (χ3v) is 6.26. The van der Waals surface area contributed by atoms with Crippen LogP contribution in [-0.2, 0) is 0 Å². The molecule has 0 bridgehead atoms. The topological polar surface area (TPSA) is 0 Å². The van der Waals surface area contributed by atoms with Gasteiger partial charge in [0.2, 0.25) is 0 Å². The van der Waals surface area contributed by atoms with Crippen molar-refractivity contribution >= 4 is 0 Å². The lowest BCUT2D eigenvalue weighted by Gasteiger charge is -2.55. The SMILES string of the molecule is C=C(C)CCC1C(C)CCC2C(C)CCCC12C. The van der Waals surface area contributed by atoms with E-state index in [4.69, 9.17) is 0 Å². The highest BCUT2D eigenvalue weighted by Gasteiger charge is 2.49. The van der Waals surface area contributed by atoms with Gasteiger partial charge >= 0.3 is 0 Å². The summed E-state index contributed by atoms with van der Waals surface area (Å²) in [4.78, 5) is 0. The Bertz CT molecular complexity index is 303. The molecule has 2 rings (SSSR count). The van der Waals surface area contributed by atoms with Crippen LogP contribution in [-0.4, -0.2) is 0 Å². The van der Waals surface area contributed by atoms with E-state index in [-0.39, 0.29) is 0 Å². The van der Waals surface area contributed by atoms with Gasteiger partial charge in [-0.2, -0.15) is 0 Å². The molecule has 0 spiro atoms. The summed E-state index contributed by atoms with van der Waals surface area (Å²) in [6.45, 7) is 13.9. The molecule has 0 aromatic heterocycles. The Labute approximate surface area is 114 Å². The first-order valence-corrected chi connectivity index (χ1v) is 8.09. The second kappa shape index (κ2) is 5.39. The maximum atomic E-state index is 4.11. The Hall–Kier alpha value is -0.260. The highest BCUT2D eigenvalue weighted by atomic mass is 14.5. The molecule has 5 unspecified atom stereocenters. The molecule has 2 saturated carbocycles. The quantitative estimate of drug-likeness (QED) is 0.551. The van der Waals surface area contributed by atoms with Crippen molar-refractivity contribution in [1.29, 1.82) is 0 Å². The lowest BCUT2D eigenvalue weighted by atomic mass is 9.49. The Morgan fingerprint density at radius 2 is 1.89 bits per heavy atom. The van der Waals surface area contributed by atoms with Gasteiger partial charge in [-0.05, 0) is 61.7 Å². The Morgan fingerprint density at radius 1 is 1.17 bits per heavy atom. The van der Waals surface area contributed by atoms with Gasteiger partial charge in [0.15, 0.2) is 0 Å². The average molecular weight is 248 g/mol. The van der Waals surface area contributed by atoms with Crippen molar-refractivity contribution in [1.82, 2.24) is 0 Å². The van der Waals surface area contributed by atoms with Crippen molar-refractivity contribution in [3.05, 3.63) is 12.2 Å². The molecular weight excluding hydrogens is 216 g/mol. The molecule has 0 aromatic rings. The van der Waals surface area contributed by atoms with Gasteiger partial charge in [-0.15, -0.1) is 6.58 Å². The van der Waals surface area contributed by atoms with E-state index in [9.17, 15) is 0 Å². The van der Waals surface area contributed by atoms with Gasteiger partial charge in [0.1, 0.15) is 0 Å². The Kier molecular flexibility index (Phi) is 4.24. The van der Waals surface area contributed by atoms with Gasteiger partial charge in [0.05, 0.1) is 0 Å². The first-order chi connectivity index (χ1) is 8.45. The zero-order chi connectivity index (χ0) is 13.3. The molecule has 0 aliphatic heterocycles. The van der Waals surface area contributed by atoms with Crippen LogP contribution in [0.25, 0.3) is 0 Å². The van der Waals surface area contributed by atoms with Crippen molar-refractivity contribution in [2.75, 3.05) is 0 Å². The minimum atomic E-state index is 0.630. The first-order valence-electron chi connectivity index (χ1n) is 8.09. The molecule has 2 fully saturated rings. The zero-order valence-corrected chi connectivity index (χ0v) is 13.0. The number of hydrogen-bond acceptors (Lipinski definition) is 0. The summed E-state index contributed by atoms with van der Waals surface area (Å²) in [5, 5.41) is 0. The smallest absolute Gasteiger partial charge is 0.0264 e. The number of fused-ring (bicyclic) bond motifs is 1. The molecule has 0 aromatic carbocycles. The molecule has 0 N–H and O–H groups in total.